The number of rotatable bonds is 1. The summed E-state index contributed by atoms with van der Waals surface area (Å²) in [6.45, 7) is 0. The van der Waals surface area contributed by atoms with Gasteiger partial charge in [0.2, 0.25) is 0 Å². The van der Waals surface area contributed by atoms with E-state index in [0.29, 0.717) is 0 Å². The Morgan fingerprint density at radius 2 is 1.85 bits per heavy atom. The minimum absolute atomic E-state index is 0. The van der Waals surface area contributed by atoms with Gasteiger partial charge in [-0.25, -0.2) is 0 Å². The van der Waals surface area contributed by atoms with Crippen LogP contribution >= 0.6 is 0 Å². The average molecular weight is 212 g/mol. The van der Waals surface area contributed by atoms with Crippen LogP contribution in [0.1, 0.15) is 0 Å². The first-order valence-corrected chi connectivity index (χ1v) is 4.41. The predicted molar refractivity (Wildman–Crippen MR) is 48.1 cm³/mol. The van der Waals surface area contributed by atoms with E-state index in [4.69, 9.17) is 15.4 Å². The van der Waals surface area contributed by atoms with Crippen LogP contribution in [0.3, 0.4) is 0 Å². The summed E-state index contributed by atoms with van der Waals surface area (Å²) in [6, 6.07) is 3.13. The summed E-state index contributed by atoms with van der Waals surface area (Å²) in [5.74, 6) is -0.220. The second kappa shape index (κ2) is 4.30. The molecule has 0 spiro atoms. The topological polar surface area (TPSA) is 101 Å². The van der Waals surface area contributed by atoms with Crippen LogP contribution in [0.4, 0.5) is 5.69 Å². The molecule has 0 aliphatic heterocycles. The van der Waals surface area contributed by atoms with Gasteiger partial charge in [0.1, 0.15) is 5.75 Å². The first-order chi connectivity index (χ1) is 5.41. The number of anilines is 1. The standard InChI is InChI=1S/C6H7NO4S.Na/c7-5-3-4(12(9,10)11)1-2-6(5)8;/h1-3,8H,7H2,(H,9,10,11);. The number of hydrogen-bond acceptors (Lipinski definition) is 4. The summed E-state index contributed by atoms with van der Waals surface area (Å²) in [5.41, 5.74) is 5.10. The molecule has 0 saturated carbocycles. The molecule has 1 radical (unpaired) electrons. The van der Waals surface area contributed by atoms with Crippen molar-refractivity contribution in [3.05, 3.63) is 18.2 Å². The third-order valence-corrected chi connectivity index (χ3v) is 2.15. The van der Waals surface area contributed by atoms with E-state index in [1.165, 1.54) is 0 Å². The normalized spacial score (nSPS) is 10.5. The molecule has 0 saturated heterocycles. The van der Waals surface area contributed by atoms with Crippen molar-refractivity contribution in [1.29, 1.82) is 0 Å². The summed E-state index contributed by atoms with van der Waals surface area (Å²) in [4.78, 5) is -0.335. The summed E-state index contributed by atoms with van der Waals surface area (Å²) in [7, 11) is -4.23. The van der Waals surface area contributed by atoms with Gasteiger partial charge in [-0.05, 0) is 18.2 Å². The molecule has 1 aromatic carbocycles. The van der Waals surface area contributed by atoms with Crippen LogP contribution in [-0.4, -0.2) is 47.6 Å². The van der Waals surface area contributed by atoms with Crippen LogP contribution < -0.4 is 5.73 Å². The van der Waals surface area contributed by atoms with Gasteiger partial charge in [0.25, 0.3) is 10.1 Å². The van der Waals surface area contributed by atoms with Crippen molar-refractivity contribution in [1.82, 2.24) is 0 Å². The van der Waals surface area contributed by atoms with Crippen LogP contribution in [0.5, 0.6) is 5.75 Å². The Morgan fingerprint density at radius 3 is 2.23 bits per heavy atom. The van der Waals surface area contributed by atoms with Gasteiger partial charge < -0.3 is 10.8 Å². The zero-order chi connectivity index (χ0) is 9.35. The van der Waals surface area contributed by atoms with E-state index in [1.54, 1.807) is 0 Å². The fraction of sp³-hybridized carbons (Fsp3) is 0. The van der Waals surface area contributed by atoms with Gasteiger partial charge >= 0.3 is 0 Å². The Morgan fingerprint density at radius 1 is 1.31 bits per heavy atom. The summed E-state index contributed by atoms with van der Waals surface area (Å²) in [6.07, 6.45) is 0. The Kier molecular flexibility index (Phi) is 4.21. The SMILES string of the molecule is Nc1cc(S(=O)(=O)O)ccc1O.[Na]. The minimum Gasteiger partial charge on any atom is -0.506 e. The van der Waals surface area contributed by atoms with Crippen LogP contribution in [0.2, 0.25) is 0 Å². The first-order valence-electron chi connectivity index (χ1n) is 2.97. The largest absolute Gasteiger partial charge is 0.506 e. The number of phenols is 1. The summed E-state index contributed by atoms with van der Waals surface area (Å²) in [5, 5.41) is 8.91. The maximum Gasteiger partial charge on any atom is 0.294 e. The number of nitrogens with two attached hydrogens (primary N) is 1. The Balaban J connectivity index is 0.00000144. The molecule has 0 atom stereocenters. The van der Waals surface area contributed by atoms with Crippen molar-refractivity contribution >= 4 is 45.4 Å². The van der Waals surface area contributed by atoms with Gasteiger partial charge in [-0.1, -0.05) is 0 Å². The van der Waals surface area contributed by atoms with Crippen molar-refractivity contribution in [3.63, 3.8) is 0 Å². The van der Waals surface area contributed by atoms with Gasteiger partial charge in [0.05, 0.1) is 10.6 Å². The molecule has 0 heterocycles. The summed E-state index contributed by atoms with van der Waals surface area (Å²) < 4.78 is 29.6. The van der Waals surface area contributed by atoms with Crippen molar-refractivity contribution in [2.45, 2.75) is 4.90 Å². The number of phenolic OH excluding ortho intramolecular Hbond substituents is 1. The fourth-order valence-corrected chi connectivity index (χ4v) is 1.21. The molecule has 0 fully saturated rings. The number of aromatic hydroxyl groups is 1. The van der Waals surface area contributed by atoms with E-state index < -0.39 is 10.1 Å². The summed E-state index contributed by atoms with van der Waals surface area (Å²) >= 11 is 0. The van der Waals surface area contributed by atoms with Gasteiger partial charge in [0, 0.05) is 29.6 Å². The molecule has 7 heteroatoms. The Bertz CT molecular complexity index is 403. The molecule has 1 aromatic rings. The molecule has 0 aromatic heterocycles. The van der Waals surface area contributed by atoms with Gasteiger partial charge in [0.15, 0.2) is 0 Å². The van der Waals surface area contributed by atoms with Gasteiger partial charge in [-0.15, -0.1) is 0 Å². The van der Waals surface area contributed by atoms with Crippen molar-refractivity contribution in [2.75, 3.05) is 5.73 Å². The maximum atomic E-state index is 10.5. The second-order valence-corrected chi connectivity index (χ2v) is 3.62. The smallest absolute Gasteiger partial charge is 0.294 e. The van der Waals surface area contributed by atoms with Crippen molar-refractivity contribution in [3.8, 4) is 5.75 Å². The Labute approximate surface area is 97.6 Å². The molecule has 0 bridgehead atoms. The fourth-order valence-electron chi connectivity index (χ4n) is 0.693. The molecule has 0 aliphatic carbocycles. The quantitative estimate of drug-likeness (QED) is 0.260. The molecule has 5 nitrogen and oxygen atoms in total. The van der Waals surface area contributed by atoms with Gasteiger partial charge in [-0.3, -0.25) is 4.55 Å². The molecule has 1 rings (SSSR count). The van der Waals surface area contributed by atoms with Crippen LogP contribution in [-0.2, 0) is 10.1 Å². The van der Waals surface area contributed by atoms with Crippen molar-refractivity contribution in [2.24, 2.45) is 0 Å². The van der Waals surface area contributed by atoms with E-state index in [-0.39, 0.29) is 45.9 Å². The van der Waals surface area contributed by atoms with Crippen LogP contribution in [0.15, 0.2) is 23.1 Å². The predicted octanol–water partition coefficient (Wildman–Crippen LogP) is -0.160. The number of nitrogen functional groups attached to an aromatic ring is 1. The maximum absolute atomic E-state index is 10.5. The third kappa shape index (κ3) is 3.17. The van der Waals surface area contributed by atoms with Crippen LogP contribution in [0.25, 0.3) is 0 Å². The second-order valence-electron chi connectivity index (χ2n) is 2.20. The molecular formula is C6H7NNaO4S. The van der Waals surface area contributed by atoms with E-state index in [9.17, 15) is 8.42 Å². The number of hydrogen-bond donors (Lipinski definition) is 3. The molecule has 0 amide bonds. The monoisotopic (exact) mass is 212 g/mol. The molecule has 13 heavy (non-hydrogen) atoms. The molecule has 67 valence electrons. The third-order valence-electron chi connectivity index (χ3n) is 1.30. The van der Waals surface area contributed by atoms with E-state index >= 15 is 0 Å². The molecular weight excluding hydrogens is 205 g/mol. The zero-order valence-corrected chi connectivity index (χ0v) is 9.75. The van der Waals surface area contributed by atoms with E-state index in [2.05, 4.69) is 0 Å². The van der Waals surface area contributed by atoms with Crippen LogP contribution in [0, 0.1) is 0 Å². The zero-order valence-electron chi connectivity index (χ0n) is 6.93. The molecule has 0 unspecified atom stereocenters. The molecule has 4 N–H and O–H groups in total. The van der Waals surface area contributed by atoms with Gasteiger partial charge in [-0.2, -0.15) is 8.42 Å². The Hall–Kier alpha value is -0.270. The van der Waals surface area contributed by atoms with E-state index in [1.807, 2.05) is 0 Å². The van der Waals surface area contributed by atoms with E-state index in [0.717, 1.165) is 18.2 Å². The first kappa shape index (κ1) is 12.7. The number of benzene rings is 1. The van der Waals surface area contributed by atoms with Crippen molar-refractivity contribution < 1.29 is 18.1 Å². The minimum atomic E-state index is -4.23. The molecule has 0 aliphatic rings. The average Bonchev–Trinajstić information content (AvgIpc) is 1.92.